The molecular formula is C15H17BrN2O2. The highest BCUT2D eigenvalue weighted by Crippen LogP contribution is 2.27. The number of halogens is 1. The second kappa shape index (κ2) is 6.72. The molecule has 0 radical (unpaired) electrons. The van der Waals surface area contributed by atoms with Crippen molar-refractivity contribution < 1.29 is 9.47 Å². The molecule has 106 valence electrons. The highest BCUT2D eigenvalue weighted by Gasteiger charge is 2.11. The highest BCUT2D eigenvalue weighted by molar-refractivity contribution is 9.10. The molecule has 0 fully saturated rings. The van der Waals surface area contributed by atoms with E-state index in [1.54, 1.807) is 20.4 Å². The molecule has 1 aromatic carbocycles. The Morgan fingerprint density at radius 2 is 1.80 bits per heavy atom. The van der Waals surface area contributed by atoms with Crippen molar-refractivity contribution >= 4 is 15.9 Å². The van der Waals surface area contributed by atoms with Gasteiger partial charge in [-0.3, -0.25) is 4.98 Å². The Balaban J connectivity index is 2.19. The minimum atomic E-state index is -0.160. The normalized spacial score (nSPS) is 12.0. The summed E-state index contributed by atoms with van der Waals surface area (Å²) in [5.74, 6) is 1.47. The summed E-state index contributed by atoms with van der Waals surface area (Å²) in [6.07, 6.45) is 2.43. The van der Waals surface area contributed by atoms with Crippen molar-refractivity contribution in [2.24, 2.45) is 5.73 Å². The Bertz CT molecular complexity index is 550. The highest BCUT2D eigenvalue weighted by atomic mass is 79.9. The average Bonchev–Trinajstić information content (AvgIpc) is 2.48. The Morgan fingerprint density at radius 1 is 1.15 bits per heavy atom. The second-order valence-electron chi connectivity index (χ2n) is 4.42. The van der Waals surface area contributed by atoms with Crippen LogP contribution in [-0.2, 0) is 6.42 Å². The van der Waals surface area contributed by atoms with E-state index in [0.717, 1.165) is 27.2 Å². The molecular weight excluding hydrogens is 320 g/mol. The second-order valence-corrected chi connectivity index (χ2v) is 5.34. The van der Waals surface area contributed by atoms with Crippen LogP contribution in [0.15, 0.2) is 41.0 Å². The number of hydrogen-bond donors (Lipinski definition) is 1. The monoisotopic (exact) mass is 336 g/mol. The number of ether oxygens (including phenoxy) is 2. The fourth-order valence-electron chi connectivity index (χ4n) is 1.91. The molecule has 1 aromatic heterocycles. The van der Waals surface area contributed by atoms with Gasteiger partial charge >= 0.3 is 0 Å². The van der Waals surface area contributed by atoms with Gasteiger partial charge in [-0.05, 0) is 45.8 Å². The van der Waals surface area contributed by atoms with E-state index in [-0.39, 0.29) is 6.04 Å². The Hall–Kier alpha value is -1.59. The molecule has 5 heteroatoms. The number of hydrogen-bond acceptors (Lipinski definition) is 4. The first-order chi connectivity index (χ1) is 9.62. The van der Waals surface area contributed by atoms with Gasteiger partial charge in [-0.1, -0.05) is 0 Å². The third-order valence-corrected chi connectivity index (χ3v) is 3.49. The fraction of sp³-hybridized carbons (Fsp3) is 0.267. The number of aromatic nitrogens is 1. The molecule has 0 aliphatic rings. The molecule has 20 heavy (non-hydrogen) atoms. The molecule has 0 bridgehead atoms. The minimum absolute atomic E-state index is 0.160. The van der Waals surface area contributed by atoms with Gasteiger partial charge < -0.3 is 15.2 Å². The van der Waals surface area contributed by atoms with Crippen molar-refractivity contribution in [2.75, 3.05) is 14.2 Å². The smallest absolute Gasteiger partial charge is 0.122 e. The maximum absolute atomic E-state index is 6.25. The topological polar surface area (TPSA) is 57.4 Å². The molecule has 2 N–H and O–H groups in total. The number of benzene rings is 1. The van der Waals surface area contributed by atoms with Crippen LogP contribution >= 0.6 is 15.9 Å². The van der Waals surface area contributed by atoms with Crippen LogP contribution < -0.4 is 15.2 Å². The van der Waals surface area contributed by atoms with E-state index in [2.05, 4.69) is 20.9 Å². The summed E-state index contributed by atoms with van der Waals surface area (Å²) in [6, 6.07) is 9.43. The molecule has 0 saturated carbocycles. The van der Waals surface area contributed by atoms with Crippen LogP contribution in [-0.4, -0.2) is 19.2 Å². The first kappa shape index (κ1) is 14.8. The summed E-state index contributed by atoms with van der Waals surface area (Å²) in [6.45, 7) is 0. The quantitative estimate of drug-likeness (QED) is 0.911. The third-order valence-electron chi connectivity index (χ3n) is 3.02. The van der Waals surface area contributed by atoms with E-state index in [9.17, 15) is 0 Å². The predicted octanol–water partition coefficient (Wildman–Crippen LogP) is 3.10. The maximum atomic E-state index is 6.25. The van der Waals surface area contributed by atoms with E-state index in [4.69, 9.17) is 15.2 Å². The number of pyridine rings is 1. The van der Waals surface area contributed by atoms with Gasteiger partial charge in [-0.2, -0.15) is 0 Å². The van der Waals surface area contributed by atoms with E-state index in [1.807, 2.05) is 30.3 Å². The standard InChI is InChI=1S/C15H17BrN2O2/c1-19-13-5-10(6-14(8-13)20-2)15(17)7-12-4-3-11(16)9-18-12/h3-6,8-9,15H,7,17H2,1-2H3. The summed E-state index contributed by atoms with van der Waals surface area (Å²) in [5.41, 5.74) is 8.16. The van der Waals surface area contributed by atoms with Gasteiger partial charge in [0.15, 0.2) is 0 Å². The van der Waals surface area contributed by atoms with Gasteiger partial charge in [-0.15, -0.1) is 0 Å². The molecule has 0 aliphatic carbocycles. The van der Waals surface area contributed by atoms with Gasteiger partial charge in [0.1, 0.15) is 11.5 Å². The Labute approximate surface area is 127 Å². The lowest BCUT2D eigenvalue weighted by atomic mass is 10.0. The van der Waals surface area contributed by atoms with Crippen molar-refractivity contribution in [1.29, 1.82) is 0 Å². The molecule has 1 unspecified atom stereocenters. The molecule has 0 saturated heterocycles. The lowest BCUT2D eigenvalue weighted by molar-refractivity contribution is 0.392. The van der Waals surface area contributed by atoms with Crippen LogP contribution in [0.1, 0.15) is 17.3 Å². The molecule has 1 atom stereocenters. The zero-order valence-corrected chi connectivity index (χ0v) is 13.1. The van der Waals surface area contributed by atoms with Gasteiger partial charge in [0, 0.05) is 34.9 Å². The van der Waals surface area contributed by atoms with Crippen LogP contribution in [0.2, 0.25) is 0 Å². The summed E-state index contributed by atoms with van der Waals surface area (Å²) >= 11 is 3.37. The lowest BCUT2D eigenvalue weighted by Gasteiger charge is -2.14. The summed E-state index contributed by atoms with van der Waals surface area (Å²) < 4.78 is 11.5. The molecule has 2 rings (SSSR count). The SMILES string of the molecule is COc1cc(OC)cc(C(N)Cc2ccc(Br)cn2)c1. The van der Waals surface area contributed by atoms with Gasteiger partial charge in [0.2, 0.25) is 0 Å². The van der Waals surface area contributed by atoms with Gasteiger partial charge in [-0.25, -0.2) is 0 Å². The molecule has 0 aliphatic heterocycles. The van der Waals surface area contributed by atoms with E-state index >= 15 is 0 Å². The molecule has 1 heterocycles. The number of nitrogens with two attached hydrogens (primary N) is 1. The van der Waals surface area contributed by atoms with Gasteiger partial charge in [0.25, 0.3) is 0 Å². The van der Waals surface area contributed by atoms with Crippen LogP contribution in [0.25, 0.3) is 0 Å². The zero-order valence-electron chi connectivity index (χ0n) is 11.5. The first-order valence-corrected chi connectivity index (χ1v) is 7.00. The lowest BCUT2D eigenvalue weighted by Crippen LogP contribution is -2.14. The van der Waals surface area contributed by atoms with Crippen LogP contribution in [0.3, 0.4) is 0 Å². The van der Waals surface area contributed by atoms with Crippen LogP contribution in [0, 0.1) is 0 Å². The third kappa shape index (κ3) is 3.71. The van der Waals surface area contributed by atoms with Crippen molar-refractivity contribution in [1.82, 2.24) is 4.98 Å². The fourth-order valence-corrected chi connectivity index (χ4v) is 2.15. The van der Waals surface area contributed by atoms with Crippen molar-refractivity contribution in [2.45, 2.75) is 12.5 Å². The van der Waals surface area contributed by atoms with Crippen LogP contribution in [0.5, 0.6) is 11.5 Å². The summed E-state index contributed by atoms with van der Waals surface area (Å²) in [5, 5.41) is 0. The largest absolute Gasteiger partial charge is 0.497 e. The first-order valence-electron chi connectivity index (χ1n) is 6.21. The maximum Gasteiger partial charge on any atom is 0.122 e. The van der Waals surface area contributed by atoms with E-state index < -0.39 is 0 Å². The molecule has 2 aromatic rings. The average molecular weight is 337 g/mol. The summed E-state index contributed by atoms with van der Waals surface area (Å²) in [4.78, 5) is 4.34. The van der Waals surface area contributed by atoms with Crippen molar-refractivity contribution in [3.8, 4) is 11.5 Å². The summed E-state index contributed by atoms with van der Waals surface area (Å²) in [7, 11) is 3.25. The number of nitrogens with zero attached hydrogens (tertiary/aromatic N) is 1. The van der Waals surface area contributed by atoms with E-state index in [0.29, 0.717) is 6.42 Å². The van der Waals surface area contributed by atoms with Crippen molar-refractivity contribution in [3.05, 3.63) is 52.3 Å². The zero-order chi connectivity index (χ0) is 14.5. The van der Waals surface area contributed by atoms with E-state index in [1.165, 1.54) is 0 Å². The molecule has 4 nitrogen and oxygen atoms in total. The Kier molecular flexibility index (Phi) is 4.98. The number of methoxy groups -OCH3 is 2. The number of rotatable bonds is 5. The van der Waals surface area contributed by atoms with Crippen LogP contribution in [0.4, 0.5) is 0 Å². The van der Waals surface area contributed by atoms with Gasteiger partial charge in [0.05, 0.1) is 14.2 Å². The molecule has 0 spiro atoms. The molecule has 0 amide bonds. The minimum Gasteiger partial charge on any atom is -0.497 e. The van der Waals surface area contributed by atoms with Crippen molar-refractivity contribution in [3.63, 3.8) is 0 Å². The Morgan fingerprint density at radius 3 is 2.30 bits per heavy atom. The predicted molar refractivity (Wildman–Crippen MR) is 82.1 cm³/mol.